The SMILES string of the molecule is CCOC(=O)c1cc(Cc2ccccc2)sc1NC(=O)C1CC(C)=C(C)CC1C(=O)O. The molecule has 7 heteroatoms. The Balaban J connectivity index is 1.87. The standard InChI is InChI=1S/C24H27NO5S/c1-4-30-24(29)20-13-17(12-16-8-6-5-7-9-16)31-22(20)25-21(26)18-10-14(2)15(3)11-19(18)23(27)28/h5-9,13,18-19H,4,10-12H2,1-3H3,(H,25,26)(H,27,28). The Morgan fingerprint density at radius 3 is 2.35 bits per heavy atom. The number of anilines is 1. The Kier molecular flexibility index (Phi) is 7.28. The molecule has 0 radical (unpaired) electrons. The Labute approximate surface area is 185 Å². The first-order chi connectivity index (χ1) is 14.8. The van der Waals surface area contributed by atoms with E-state index in [1.165, 1.54) is 11.3 Å². The Morgan fingerprint density at radius 2 is 1.74 bits per heavy atom. The number of carbonyl (C=O) groups is 3. The summed E-state index contributed by atoms with van der Waals surface area (Å²) in [4.78, 5) is 38.3. The number of thiophene rings is 1. The molecule has 0 aliphatic heterocycles. The number of carboxylic acids is 1. The van der Waals surface area contributed by atoms with Crippen LogP contribution in [0.15, 0.2) is 47.5 Å². The fraction of sp³-hybridized carbons (Fsp3) is 0.375. The minimum absolute atomic E-state index is 0.225. The number of rotatable bonds is 7. The molecular weight excluding hydrogens is 414 g/mol. The molecule has 31 heavy (non-hydrogen) atoms. The lowest BCUT2D eigenvalue weighted by Gasteiger charge is -2.29. The van der Waals surface area contributed by atoms with Gasteiger partial charge in [-0.15, -0.1) is 11.3 Å². The second kappa shape index (κ2) is 9.92. The lowest BCUT2D eigenvalue weighted by Crippen LogP contribution is -2.36. The lowest BCUT2D eigenvalue weighted by molar-refractivity contribution is -0.146. The normalized spacial score (nSPS) is 18.5. The molecule has 3 rings (SSSR count). The number of benzene rings is 1. The van der Waals surface area contributed by atoms with Gasteiger partial charge in [0.05, 0.1) is 24.0 Å². The third-order valence-corrected chi connectivity index (χ3v) is 6.71. The highest BCUT2D eigenvalue weighted by molar-refractivity contribution is 7.16. The van der Waals surface area contributed by atoms with Gasteiger partial charge in [0.25, 0.3) is 0 Å². The van der Waals surface area contributed by atoms with Crippen LogP contribution in [0, 0.1) is 11.8 Å². The molecule has 0 saturated heterocycles. The highest BCUT2D eigenvalue weighted by atomic mass is 32.1. The maximum absolute atomic E-state index is 13.1. The molecule has 2 unspecified atom stereocenters. The topological polar surface area (TPSA) is 92.7 Å². The van der Waals surface area contributed by atoms with Crippen LogP contribution in [-0.2, 0) is 20.7 Å². The van der Waals surface area contributed by atoms with Crippen molar-refractivity contribution in [1.29, 1.82) is 0 Å². The van der Waals surface area contributed by atoms with E-state index in [1.807, 2.05) is 44.2 Å². The number of hydrogen-bond acceptors (Lipinski definition) is 5. The van der Waals surface area contributed by atoms with Crippen LogP contribution < -0.4 is 5.32 Å². The van der Waals surface area contributed by atoms with Gasteiger partial charge in [0.15, 0.2) is 0 Å². The summed E-state index contributed by atoms with van der Waals surface area (Å²) in [6.07, 6.45) is 1.37. The van der Waals surface area contributed by atoms with Crippen LogP contribution in [0.1, 0.15) is 54.4 Å². The van der Waals surface area contributed by atoms with Crippen LogP contribution in [0.2, 0.25) is 0 Å². The number of carboxylic acid groups (broad SMARTS) is 1. The molecule has 2 atom stereocenters. The van der Waals surface area contributed by atoms with Gasteiger partial charge in [-0.05, 0) is 45.2 Å². The van der Waals surface area contributed by atoms with Gasteiger partial charge in [-0.3, -0.25) is 9.59 Å². The molecule has 6 nitrogen and oxygen atoms in total. The number of ether oxygens (including phenoxy) is 1. The minimum Gasteiger partial charge on any atom is -0.481 e. The van der Waals surface area contributed by atoms with E-state index in [2.05, 4.69) is 5.32 Å². The summed E-state index contributed by atoms with van der Waals surface area (Å²) in [7, 11) is 0. The zero-order valence-corrected chi connectivity index (χ0v) is 18.8. The first-order valence-electron chi connectivity index (χ1n) is 10.3. The molecule has 2 aromatic rings. The van der Waals surface area contributed by atoms with E-state index in [1.54, 1.807) is 13.0 Å². The summed E-state index contributed by atoms with van der Waals surface area (Å²) in [5.41, 5.74) is 3.45. The van der Waals surface area contributed by atoms with Crippen LogP contribution in [-0.4, -0.2) is 29.6 Å². The molecule has 0 bridgehead atoms. The van der Waals surface area contributed by atoms with Gasteiger partial charge < -0.3 is 15.2 Å². The zero-order chi connectivity index (χ0) is 22.5. The van der Waals surface area contributed by atoms with Crippen LogP contribution in [0.4, 0.5) is 5.00 Å². The van der Waals surface area contributed by atoms with Gasteiger partial charge in [-0.2, -0.15) is 0 Å². The van der Waals surface area contributed by atoms with Gasteiger partial charge in [-0.1, -0.05) is 41.5 Å². The smallest absolute Gasteiger partial charge is 0.341 e. The minimum atomic E-state index is -0.978. The lowest BCUT2D eigenvalue weighted by atomic mass is 9.76. The summed E-state index contributed by atoms with van der Waals surface area (Å²) in [5.74, 6) is -3.32. The molecular formula is C24H27NO5S. The molecule has 164 valence electrons. The van der Waals surface area contributed by atoms with E-state index >= 15 is 0 Å². The molecule has 1 amide bonds. The number of esters is 1. The van der Waals surface area contributed by atoms with Crippen LogP contribution in [0.3, 0.4) is 0 Å². The summed E-state index contributed by atoms with van der Waals surface area (Å²) >= 11 is 1.32. The predicted molar refractivity (Wildman–Crippen MR) is 120 cm³/mol. The van der Waals surface area contributed by atoms with Gasteiger partial charge in [0.2, 0.25) is 5.91 Å². The van der Waals surface area contributed by atoms with Crippen molar-refractivity contribution >= 4 is 34.2 Å². The Bertz CT molecular complexity index is 1010. The molecule has 0 saturated carbocycles. The highest BCUT2D eigenvalue weighted by Gasteiger charge is 2.37. The highest BCUT2D eigenvalue weighted by Crippen LogP contribution is 2.37. The maximum atomic E-state index is 13.1. The van der Waals surface area contributed by atoms with Crippen LogP contribution in [0.5, 0.6) is 0 Å². The average Bonchev–Trinajstić information content (AvgIpc) is 3.12. The van der Waals surface area contributed by atoms with E-state index in [0.29, 0.717) is 29.8 Å². The number of nitrogens with one attached hydrogen (secondary N) is 1. The van der Waals surface area contributed by atoms with Gasteiger partial charge in [0, 0.05) is 11.3 Å². The summed E-state index contributed by atoms with van der Waals surface area (Å²) < 4.78 is 5.16. The van der Waals surface area contributed by atoms with E-state index in [9.17, 15) is 19.5 Å². The fourth-order valence-electron chi connectivity index (χ4n) is 3.81. The number of allylic oxidation sites excluding steroid dienone is 2. The second-order valence-electron chi connectivity index (χ2n) is 7.85. The number of hydrogen-bond donors (Lipinski definition) is 2. The number of aliphatic carboxylic acids is 1. The van der Waals surface area contributed by atoms with Gasteiger partial charge in [-0.25, -0.2) is 4.79 Å². The van der Waals surface area contributed by atoms with Crippen molar-refractivity contribution in [3.05, 3.63) is 63.5 Å². The molecule has 0 fully saturated rings. The largest absolute Gasteiger partial charge is 0.481 e. The third-order valence-electron chi connectivity index (χ3n) is 5.66. The molecule has 2 N–H and O–H groups in total. The van der Waals surface area contributed by atoms with Crippen molar-refractivity contribution in [2.45, 2.75) is 40.0 Å². The molecule has 1 aromatic carbocycles. The van der Waals surface area contributed by atoms with E-state index in [0.717, 1.165) is 21.6 Å². The van der Waals surface area contributed by atoms with Crippen molar-refractivity contribution in [3.8, 4) is 0 Å². The maximum Gasteiger partial charge on any atom is 0.341 e. The Morgan fingerprint density at radius 1 is 1.10 bits per heavy atom. The monoisotopic (exact) mass is 441 g/mol. The molecule has 1 aliphatic carbocycles. The molecule has 1 heterocycles. The van der Waals surface area contributed by atoms with Gasteiger partial charge in [0.1, 0.15) is 5.00 Å². The summed E-state index contributed by atoms with van der Waals surface area (Å²) in [6, 6.07) is 11.6. The van der Waals surface area contributed by atoms with Crippen molar-refractivity contribution in [2.75, 3.05) is 11.9 Å². The van der Waals surface area contributed by atoms with Crippen molar-refractivity contribution in [3.63, 3.8) is 0 Å². The predicted octanol–water partition coefficient (Wildman–Crippen LogP) is 4.90. The van der Waals surface area contributed by atoms with Crippen molar-refractivity contribution in [1.82, 2.24) is 0 Å². The third kappa shape index (κ3) is 5.41. The fourth-order valence-corrected chi connectivity index (χ4v) is 4.89. The first-order valence-corrected chi connectivity index (χ1v) is 11.1. The zero-order valence-electron chi connectivity index (χ0n) is 17.9. The average molecular weight is 442 g/mol. The van der Waals surface area contributed by atoms with Gasteiger partial charge >= 0.3 is 11.9 Å². The molecule has 0 spiro atoms. The van der Waals surface area contributed by atoms with Crippen molar-refractivity contribution < 1.29 is 24.2 Å². The first kappa shape index (κ1) is 22.7. The summed E-state index contributed by atoms with van der Waals surface area (Å²) in [6.45, 7) is 5.79. The number of carbonyl (C=O) groups excluding carboxylic acids is 2. The van der Waals surface area contributed by atoms with Crippen LogP contribution in [0.25, 0.3) is 0 Å². The van der Waals surface area contributed by atoms with Crippen molar-refractivity contribution in [2.24, 2.45) is 11.8 Å². The van der Waals surface area contributed by atoms with E-state index in [4.69, 9.17) is 4.74 Å². The molecule has 1 aromatic heterocycles. The number of amides is 1. The molecule has 1 aliphatic rings. The summed E-state index contributed by atoms with van der Waals surface area (Å²) in [5, 5.41) is 12.9. The second-order valence-corrected chi connectivity index (χ2v) is 8.98. The quantitative estimate of drug-likeness (QED) is 0.471. The van der Waals surface area contributed by atoms with E-state index < -0.39 is 23.8 Å². The van der Waals surface area contributed by atoms with Crippen LogP contribution >= 0.6 is 11.3 Å². The van der Waals surface area contributed by atoms with E-state index in [-0.39, 0.29) is 12.5 Å². The Hall–Kier alpha value is -2.93.